The number of aromatic nitrogens is 2. The van der Waals surface area contributed by atoms with Gasteiger partial charge < -0.3 is 11.1 Å². The number of halogens is 1. The second kappa shape index (κ2) is 5.49. The van der Waals surface area contributed by atoms with Crippen molar-refractivity contribution >= 4 is 5.95 Å². The van der Waals surface area contributed by atoms with Crippen LogP contribution in [-0.2, 0) is 0 Å². The Morgan fingerprint density at radius 3 is 2.64 bits per heavy atom. The minimum absolute atomic E-state index is 0.158. The van der Waals surface area contributed by atoms with Gasteiger partial charge in [0.25, 0.3) is 0 Å². The van der Waals surface area contributed by atoms with Crippen LogP contribution in [0.1, 0.15) is 19.8 Å². The van der Waals surface area contributed by atoms with Gasteiger partial charge in [0.15, 0.2) is 5.82 Å². The van der Waals surface area contributed by atoms with E-state index in [1.54, 1.807) is 0 Å². The van der Waals surface area contributed by atoms with Crippen LogP contribution in [0.2, 0.25) is 0 Å². The van der Waals surface area contributed by atoms with Gasteiger partial charge in [-0.25, -0.2) is 14.4 Å². The lowest BCUT2D eigenvalue weighted by Gasteiger charge is -2.15. The van der Waals surface area contributed by atoms with Gasteiger partial charge in [-0.3, -0.25) is 0 Å². The van der Waals surface area contributed by atoms with E-state index in [4.69, 9.17) is 5.73 Å². The molecule has 1 heterocycles. The predicted octanol–water partition coefficient (Wildman–Crippen LogP) is 1.15. The molecule has 0 saturated carbocycles. The molecule has 4 nitrogen and oxygen atoms in total. The van der Waals surface area contributed by atoms with E-state index in [2.05, 4.69) is 22.2 Å². The summed E-state index contributed by atoms with van der Waals surface area (Å²) in [6.45, 7) is 2.60. The smallest absolute Gasteiger partial charge is 0.223 e. The zero-order chi connectivity index (χ0) is 10.4. The fraction of sp³-hybridized carbons (Fsp3) is 0.556. The molecule has 3 N–H and O–H groups in total. The summed E-state index contributed by atoms with van der Waals surface area (Å²) >= 11 is 0. The second-order valence-corrected chi connectivity index (χ2v) is 3.09. The molecule has 0 spiro atoms. The summed E-state index contributed by atoms with van der Waals surface area (Å²) in [6.07, 6.45) is 4.26. The molecule has 1 unspecified atom stereocenters. The van der Waals surface area contributed by atoms with Crippen LogP contribution < -0.4 is 11.1 Å². The van der Waals surface area contributed by atoms with Gasteiger partial charge in [-0.1, -0.05) is 13.3 Å². The zero-order valence-electron chi connectivity index (χ0n) is 8.20. The van der Waals surface area contributed by atoms with E-state index in [1.807, 2.05) is 0 Å². The van der Waals surface area contributed by atoms with Crippen LogP contribution in [0.3, 0.4) is 0 Å². The van der Waals surface area contributed by atoms with Gasteiger partial charge in [0.1, 0.15) is 0 Å². The minimum Gasteiger partial charge on any atom is -0.350 e. The highest BCUT2D eigenvalue weighted by Crippen LogP contribution is 2.04. The molecule has 0 aliphatic carbocycles. The number of hydrogen-bond donors (Lipinski definition) is 2. The fourth-order valence-corrected chi connectivity index (χ4v) is 1.17. The van der Waals surface area contributed by atoms with Crippen molar-refractivity contribution in [1.82, 2.24) is 9.97 Å². The van der Waals surface area contributed by atoms with E-state index >= 15 is 0 Å². The average Bonchev–Trinajstić information content (AvgIpc) is 2.20. The van der Waals surface area contributed by atoms with Crippen molar-refractivity contribution in [1.29, 1.82) is 0 Å². The Kier molecular flexibility index (Phi) is 4.25. The summed E-state index contributed by atoms with van der Waals surface area (Å²) in [6, 6.07) is 0.158. The van der Waals surface area contributed by atoms with Gasteiger partial charge in [0.05, 0.1) is 12.4 Å². The SMILES string of the molecule is CCCC(CN)Nc1ncc(F)cn1. The molecule has 0 fully saturated rings. The summed E-state index contributed by atoms with van der Waals surface area (Å²) in [7, 11) is 0. The lowest BCUT2D eigenvalue weighted by atomic mass is 10.2. The summed E-state index contributed by atoms with van der Waals surface area (Å²) in [5.41, 5.74) is 5.54. The quantitative estimate of drug-likeness (QED) is 0.745. The van der Waals surface area contributed by atoms with Crippen molar-refractivity contribution in [3.63, 3.8) is 0 Å². The van der Waals surface area contributed by atoms with Crippen molar-refractivity contribution in [3.05, 3.63) is 18.2 Å². The van der Waals surface area contributed by atoms with Gasteiger partial charge in [0, 0.05) is 12.6 Å². The summed E-state index contributed by atoms with van der Waals surface area (Å²) in [4.78, 5) is 7.59. The lowest BCUT2D eigenvalue weighted by molar-refractivity contribution is 0.609. The van der Waals surface area contributed by atoms with Gasteiger partial charge in [-0.05, 0) is 6.42 Å². The van der Waals surface area contributed by atoms with Crippen LogP contribution in [0.25, 0.3) is 0 Å². The number of nitrogens with one attached hydrogen (secondary N) is 1. The first-order valence-electron chi connectivity index (χ1n) is 4.70. The third-order valence-electron chi connectivity index (χ3n) is 1.88. The Morgan fingerprint density at radius 2 is 2.14 bits per heavy atom. The Hall–Kier alpha value is -1.23. The molecule has 0 aromatic carbocycles. The van der Waals surface area contributed by atoms with E-state index in [-0.39, 0.29) is 6.04 Å². The van der Waals surface area contributed by atoms with E-state index in [0.717, 1.165) is 25.2 Å². The largest absolute Gasteiger partial charge is 0.350 e. The highest BCUT2D eigenvalue weighted by atomic mass is 19.1. The molecule has 0 saturated heterocycles. The predicted molar refractivity (Wildman–Crippen MR) is 53.4 cm³/mol. The van der Waals surface area contributed by atoms with Crippen molar-refractivity contribution in [2.75, 3.05) is 11.9 Å². The van der Waals surface area contributed by atoms with E-state index in [1.165, 1.54) is 0 Å². The molecule has 0 amide bonds. The Balaban J connectivity index is 2.53. The molecular weight excluding hydrogens is 183 g/mol. The third kappa shape index (κ3) is 3.26. The van der Waals surface area contributed by atoms with Crippen LogP contribution in [0.4, 0.5) is 10.3 Å². The number of hydrogen-bond acceptors (Lipinski definition) is 4. The minimum atomic E-state index is -0.435. The molecule has 5 heteroatoms. The van der Waals surface area contributed by atoms with Crippen LogP contribution in [0, 0.1) is 5.82 Å². The Morgan fingerprint density at radius 1 is 1.50 bits per heavy atom. The summed E-state index contributed by atoms with van der Waals surface area (Å²) < 4.78 is 12.5. The average molecular weight is 198 g/mol. The number of nitrogens with zero attached hydrogens (tertiary/aromatic N) is 2. The van der Waals surface area contributed by atoms with Gasteiger partial charge in [-0.2, -0.15) is 0 Å². The van der Waals surface area contributed by atoms with Crippen LogP contribution in [-0.4, -0.2) is 22.6 Å². The van der Waals surface area contributed by atoms with Crippen molar-refractivity contribution in [2.45, 2.75) is 25.8 Å². The first kappa shape index (κ1) is 10.8. The molecule has 78 valence electrons. The van der Waals surface area contributed by atoms with Crippen LogP contribution in [0.15, 0.2) is 12.4 Å². The lowest BCUT2D eigenvalue weighted by Crippen LogP contribution is -2.29. The Labute approximate surface area is 82.8 Å². The van der Waals surface area contributed by atoms with Crippen LogP contribution >= 0.6 is 0 Å². The van der Waals surface area contributed by atoms with E-state index in [0.29, 0.717) is 12.5 Å². The fourth-order valence-electron chi connectivity index (χ4n) is 1.17. The van der Waals surface area contributed by atoms with E-state index < -0.39 is 5.82 Å². The molecule has 1 atom stereocenters. The number of nitrogens with two attached hydrogens (primary N) is 1. The van der Waals surface area contributed by atoms with Crippen molar-refractivity contribution in [2.24, 2.45) is 5.73 Å². The maximum absolute atomic E-state index is 12.5. The second-order valence-electron chi connectivity index (χ2n) is 3.09. The first-order valence-corrected chi connectivity index (χ1v) is 4.70. The first-order chi connectivity index (χ1) is 6.76. The normalized spacial score (nSPS) is 12.5. The molecule has 0 aliphatic rings. The zero-order valence-corrected chi connectivity index (χ0v) is 8.20. The molecular formula is C9H15FN4. The summed E-state index contributed by atoms with van der Waals surface area (Å²) in [5, 5.41) is 3.04. The van der Waals surface area contributed by atoms with Gasteiger partial charge in [0.2, 0.25) is 5.95 Å². The van der Waals surface area contributed by atoms with Crippen molar-refractivity contribution in [3.8, 4) is 0 Å². The highest BCUT2D eigenvalue weighted by Gasteiger charge is 2.06. The van der Waals surface area contributed by atoms with Gasteiger partial charge in [-0.15, -0.1) is 0 Å². The maximum atomic E-state index is 12.5. The van der Waals surface area contributed by atoms with Crippen molar-refractivity contribution < 1.29 is 4.39 Å². The molecule has 14 heavy (non-hydrogen) atoms. The molecule has 0 aliphatic heterocycles. The van der Waals surface area contributed by atoms with Gasteiger partial charge >= 0.3 is 0 Å². The molecule has 0 bridgehead atoms. The number of rotatable bonds is 5. The third-order valence-corrected chi connectivity index (χ3v) is 1.88. The topological polar surface area (TPSA) is 63.8 Å². The Bertz CT molecular complexity index is 262. The maximum Gasteiger partial charge on any atom is 0.223 e. The van der Waals surface area contributed by atoms with E-state index in [9.17, 15) is 4.39 Å². The molecule has 1 aromatic heterocycles. The standard InChI is InChI=1S/C9H15FN4/c1-2-3-8(4-11)14-9-12-5-7(10)6-13-9/h5-6,8H,2-4,11H2,1H3,(H,12,13,14). The molecule has 0 radical (unpaired) electrons. The summed E-state index contributed by atoms with van der Waals surface area (Å²) in [5.74, 6) is -0.00867. The monoisotopic (exact) mass is 198 g/mol. The highest BCUT2D eigenvalue weighted by molar-refractivity contribution is 5.24. The van der Waals surface area contributed by atoms with Crippen LogP contribution in [0.5, 0.6) is 0 Å². The molecule has 1 aromatic rings. The number of anilines is 1. The molecule has 1 rings (SSSR count).